The Kier molecular flexibility index (Phi) is 3.29. The first kappa shape index (κ1) is 11.9. The van der Waals surface area contributed by atoms with Crippen LogP contribution in [0.2, 0.25) is 0 Å². The van der Waals surface area contributed by atoms with Gasteiger partial charge in [-0.15, -0.1) is 6.58 Å². The Morgan fingerprint density at radius 1 is 1.47 bits per heavy atom. The molecular weight excluding hydrogens is 216 g/mol. The lowest BCUT2D eigenvalue weighted by Crippen LogP contribution is -2.00. The number of carbonyl (C=O) groups is 1. The first-order valence-corrected chi connectivity index (χ1v) is 5.69. The molecule has 0 spiro atoms. The Balaban J connectivity index is 2.32. The van der Waals surface area contributed by atoms with E-state index in [-0.39, 0.29) is 12.6 Å². The Labute approximate surface area is 101 Å². The SMILES string of the molecule is C=C(C)CCc1cc2c(cc1CO)C(=O)OC2. The van der Waals surface area contributed by atoms with E-state index in [0.29, 0.717) is 12.2 Å². The molecular formula is C14H16O3. The topological polar surface area (TPSA) is 46.5 Å². The molecule has 0 fully saturated rings. The van der Waals surface area contributed by atoms with E-state index in [0.717, 1.165) is 35.1 Å². The number of hydrogen-bond donors (Lipinski definition) is 1. The van der Waals surface area contributed by atoms with E-state index >= 15 is 0 Å². The zero-order valence-corrected chi connectivity index (χ0v) is 9.95. The van der Waals surface area contributed by atoms with Crippen molar-refractivity contribution in [3.05, 3.63) is 46.5 Å². The van der Waals surface area contributed by atoms with Crippen LogP contribution in [0, 0.1) is 0 Å². The highest BCUT2D eigenvalue weighted by atomic mass is 16.5. The zero-order valence-electron chi connectivity index (χ0n) is 9.95. The summed E-state index contributed by atoms with van der Waals surface area (Å²) in [6, 6.07) is 3.72. The van der Waals surface area contributed by atoms with E-state index in [2.05, 4.69) is 6.58 Å². The number of cyclic esters (lactones) is 1. The summed E-state index contributed by atoms with van der Waals surface area (Å²) in [7, 11) is 0. The van der Waals surface area contributed by atoms with Crippen LogP contribution in [0.15, 0.2) is 24.3 Å². The smallest absolute Gasteiger partial charge is 0.338 e. The van der Waals surface area contributed by atoms with Crippen molar-refractivity contribution in [2.75, 3.05) is 0 Å². The van der Waals surface area contributed by atoms with Crippen molar-refractivity contribution in [3.8, 4) is 0 Å². The maximum absolute atomic E-state index is 11.4. The summed E-state index contributed by atoms with van der Waals surface area (Å²) in [5.74, 6) is -0.291. The number of aliphatic hydroxyl groups excluding tert-OH is 1. The van der Waals surface area contributed by atoms with E-state index in [1.165, 1.54) is 0 Å². The van der Waals surface area contributed by atoms with Crippen molar-refractivity contribution in [3.63, 3.8) is 0 Å². The molecule has 2 rings (SSSR count). The van der Waals surface area contributed by atoms with Gasteiger partial charge >= 0.3 is 5.97 Å². The van der Waals surface area contributed by atoms with Gasteiger partial charge in [0.25, 0.3) is 0 Å². The molecule has 1 aliphatic heterocycles. The molecule has 1 N–H and O–H groups in total. The van der Waals surface area contributed by atoms with Crippen molar-refractivity contribution in [1.29, 1.82) is 0 Å². The summed E-state index contributed by atoms with van der Waals surface area (Å²) in [4.78, 5) is 11.4. The van der Waals surface area contributed by atoms with Crippen LogP contribution in [0.3, 0.4) is 0 Å². The molecule has 0 saturated heterocycles. The lowest BCUT2D eigenvalue weighted by Gasteiger charge is -2.09. The van der Waals surface area contributed by atoms with Crippen molar-refractivity contribution >= 4 is 5.97 Å². The normalized spacial score (nSPS) is 13.4. The molecule has 3 nitrogen and oxygen atoms in total. The van der Waals surface area contributed by atoms with Crippen molar-refractivity contribution < 1.29 is 14.6 Å². The van der Waals surface area contributed by atoms with Crippen LogP contribution in [0.1, 0.15) is 40.4 Å². The predicted molar refractivity (Wildman–Crippen MR) is 64.6 cm³/mol. The molecule has 0 amide bonds. The maximum Gasteiger partial charge on any atom is 0.338 e. The summed E-state index contributed by atoms with van der Waals surface area (Å²) < 4.78 is 4.97. The fraction of sp³-hybridized carbons (Fsp3) is 0.357. The Morgan fingerprint density at radius 2 is 2.24 bits per heavy atom. The quantitative estimate of drug-likeness (QED) is 0.640. The Morgan fingerprint density at radius 3 is 2.88 bits per heavy atom. The third-order valence-electron chi connectivity index (χ3n) is 3.00. The first-order chi connectivity index (χ1) is 8.11. The van der Waals surface area contributed by atoms with Gasteiger partial charge in [0.05, 0.1) is 12.2 Å². The number of fused-ring (bicyclic) bond motifs is 1. The second-order valence-electron chi connectivity index (χ2n) is 4.47. The van der Waals surface area contributed by atoms with Crippen LogP contribution in [-0.2, 0) is 24.4 Å². The number of aryl methyl sites for hydroxylation is 1. The van der Waals surface area contributed by atoms with E-state index in [1.807, 2.05) is 13.0 Å². The summed E-state index contributed by atoms with van der Waals surface area (Å²) in [6.45, 7) is 6.15. The van der Waals surface area contributed by atoms with Gasteiger partial charge in [0, 0.05) is 5.56 Å². The van der Waals surface area contributed by atoms with Gasteiger partial charge in [-0.3, -0.25) is 0 Å². The van der Waals surface area contributed by atoms with Gasteiger partial charge in [0.1, 0.15) is 6.61 Å². The van der Waals surface area contributed by atoms with Gasteiger partial charge in [-0.25, -0.2) is 4.79 Å². The first-order valence-electron chi connectivity index (χ1n) is 5.69. The second kappa shape index (κ2) is 4.72. The molecule has 0 unspecified atom stereocenters. The van der Waals surface area contributed by atoms with Crippen LogP contribution in [0.25, 0.3) is 0 Å². The third-order valence-corrected chi connectivity index (χ3v) is 3.00. The highest BCUT2D eigenvalue weighted by molar-refractivity contribution is 5.93. The summed E-state index contributed by atoms with van der Waals surface area (Å²) in [5, 5.41) is 9.33. The van der Waals surface area contributed by atoms with Crippen LogP contribution in [-0.4, -0.2) is 11.1 Å². The largest absolute Gasteiger partial charge is 0.457 e. The van der Waals surface area contributed by atoms with Gasteiger partial charge in [-0.05, 0) is 37.0 Å². The van der Waals surface area contributed by atoms with Gasteiger partial charge < -0.3 is 9.84 Å². The molecule has 0 aromatic heterocycles. The molecule has 0 atom stereocenters. The summed E-state index contributed by atoms with van der Waals surface area (Å²) >= 11 is 0. The number of rotatable bonds is 4. The van der Waals surface area contributed by atoms with E-state index in [4.69, 9.17) is 4.74 Å². The minimum Gasteiger partial charge on any atom is -0.457 e. The standard InChI is InChI=1S/C14H16O3/c1-9(2)3-4-10-5-12-8-17-14(16)13(12)6-11(10)7-15/h5-6,15H,1,3-4,7-8H2,2H3. The fourth-order valence-corrected chi connectivity index (χ4v) is 2.00. The highest BCUT2D eigenvalue weighted by Gasteiger charge is 2.22. The molecule has 90 valence electrons. The van der Waals surface area contributed by atoms with Gasteiger partial charge in [-0.2, -0.15) is 0 Å². The Hall–Kier alpha value is -1.61. The van der Waals surface area contributed by atoms with Gasteiger partial charge in [-0.1, -0.05) is 11.6 Å². The highest BCUT2D eigenvalue weighted by Crippen LogP contribution is 2.25. The molecule has 3 heteroatoms. The molecule has 1 aliphatic rings. The average Bonchev–Trinajstić information content (AvgIpc) is 2.66. The molecule has 0 aliphatic carbocycles. The molecule has 1 aromatic rings. The third kappa shape index (κ3) is 2.39. The fourth-order valence-electron chi connectivity index (χ4n) is 2.00. The predicted octanol–water partition coefficient (Wildman–Crippen LogP) is 2.36. The van der Waals surface area contributed by atoms with E-state index in [1.54, 1.807) is 6.07 Å². The molecule has 17 heavy (non-hydrogen) atoms. The number of hydrogen-bond acceptors (Lipinski definition) is 3. The van der Waals surface area contributed by atoms with Crippen LogP contribution >= 0.6 is 0 Å². The monoisotopic (exact) mass is 232 g/mol. The molecule has 0 radical (unpaired) electrons. The minimum atomic E-state index is -0.291. The minimum absolute atomic E-state index is 0.0495. The molecule has 1 aromatic carbocycles. The zero-order chi connectivity index (χ0) is 12.4. The molecule has 0 bridgehead atoms. The van der Waals surface area contributed by atoms with Crippen molar-refractivity contribution in [2.24, 2.45) is 0 Å². The lowest BCUT2D eigenvalue weighted by atomic mass is 9.96. The number of ether oxygens (including phenoxy) is 1. The van der Waals surface area contributed by atoms with E-state index < -0.39 is 0 Å². The average molecular weight is 232 g/mol. The van der Waals surface area contributed by atoms with Crippen LogP contribution in [0.4, 0.5) is 0 Å². The number of aliphatic hydroxyl groups is 1. The molecule has 0 saturated carbocycles. The van der Waals surface area contributed by atoms with Crippen LogP contribution < -0.4 is 0 Å². The summed E-state index contributed by atoms with van der Waals surface area (Å²) in [6.07, 6.45) is 1.73. The van der Waals surface area contributed by atoms with Crippen molar-refractivity contribution in [2.45, 2.75) is 33.0 Å². The van der Waals surface area contributed by atoms with Crippen molar-refractivity contribution in [1.82, 2.24) is 0 Å². The number of benzene rings is 1. The Bertz CT molecular complexity index is 475. The van der Waals surface area contributed by atoms with E-state index in [9.17, 15) is 9.90 Å². The van der Waals surface area contributed by atoms with Gasteiger partial charge in [0.15, 0.2) is 0 Å². The summed E-state index contributed by atoms with van der Waals surface area (Å²) in [5.41, 5.74) is 4.51. The maximum atomic E-state index is 11.4. The number of carbonyl (C=O) groups excluding carboxylic acids is 1. The van der Waals surface area contributed by atoms with Crippen LogP contribution in [0.5, 0.6) is 0 Å². The number of esters is 1. The second-order valence-corrected chi connectivity index (χ2v) is 4.47. The van der Waals surface area contributed by atoms with Gasteiger partial charge in [0.2, 0.25) is 0 Å². The lowest BCUT2D eigenvalue weighted by molar-refractivity contribution is 0.0535. The number of allylic oxidation sites excluding steroid dienone is 1. The molecule has 1 heterocycles.